The molecule has 1 aliphatic carbocycles. The lowest BCUT2D eigenvalue weighted by Gasteiger charge is -2.37. The lowest BCUT2D eigenvalue weighted by molar-refractivity contribution is -0.128. The van der Waals surface area contributed by atoms with E-state index in [9.17, 15) is 9.59 Å². The molecule has 1 atom stereocenters. The topological polar surface area (TPSA) is 61.4 Å². The molecule has 3 rings (SSSR count). The zero-order valence-corrected chi connectivity index (χ0v) is 15.3. The molecule has 1 aliphatic heterocycles. The van der Waals surface area contributed by atoms with Gasteiger partial charge in [0.25, 0.3) is 0 Å². The fourth-order valence-electron chi connectivity index (χ4n) is 3.90. The molecule has 1 heterocycles. The van der Waals surface area contributed by atoms with E-state index >= 15 is 0 Å². The minimum Gasteiger partial charge on any atom is -0.351 e. The van der Waals surface area contributed by atoms with Crippen LogP contribution in [0.1, 0.15) is 37.8 Å². The molecule has 136 valence electrons. The molecule has 1 aromatic carbocycles. The van der Waals surface area contributed by atoms with Crippen molar-refractivity contribution in [3.63, 3.8) is 0 Å². The minimum atomic E-state index is -0.0954. The quantitative estimate of drug-likeness (QED) is 0.852. The smallest absolute Gasteiger partial charge is 0.239 e. The second-order valence-corrected chi connectivity index (χ2v) is 7.60. The van der Waals surface area contributed by atoms with Gasteiger partial charge in [-0.2, -0.15) is 0 Å². The average Bonchev–Trinajstić information content (AvgIpc) is 3.04. The van der Waals surface area contributed by atoms with Gasteiger partial charge in [0.15, 0.2) is 0 Å². The summed E-state index contributed by atoms with van der Waals surface area (Å²) in [7, 11) is 0. The molecule has 0 bridgehead atoms. The van der Waals surface area contributed by atoms with E-state index in [0.29, 0.717) is 6.04 Å². The van der Waals surface area contributed by atoms with Crippen molar-refractivity contribution < 1.29 is 9.59 Å². The van der Waals surface area contributed by atoms with Crippen LogP contribution in [0.5, 0.6) is 0 Å². The Balaban J connectivity index is 1.47. The van der Waals surface area contributed by atoms with E-state index in [1.807, 2.05) is 13.8 Å². The van der Waals surface area contributed by atoms with Gasteiger partial charge in [-0.05, 0) is 43.4 Å². The third-order valence-corrected chi connectivity index (χ3v) is 5.31. The molecule has 0 unspecified atom stereocenters. The van der Waals surface area contributed by atoms with Crippen LogP contribution in [0, 0.1) is 5.92 Å². The number of benzene rings is 1. The minimum absolute atomic E-state index is 0.0718. The van der Waals surface area contributed by atoms with Crippen molar-refractivity contribution in [1.82, 2.24) is 15.5 Å². The first-order valence-electron chi connectivity index (χ1n) is 9.41. The Hall–Kier alpha value is -1.88. The molecule has 0 aromatic heterocycles. The van der Waals surface area contributed by atoms with Crippen LogP contribution in [0.15, 0.2) is 24.3 Å². The first-order chi connectivity index (χ1) is 12.0. The number of rotatable bonds is 5. The third kappa shape index (κ3) is 4.60. The standard InChI is InChI=1S/C20H29N3O2/c1-14(2)20(25)21-12-19(24)22-17-8-5-9-23(13-17)18-10-15-6-3-4-7-16(15)11-18/h3-4,6-7,14,17-18H,5,8-13H2,1-2H3,(H,21,25)(H,22,24)/t17-/m0/s1. The van der Waals surface area contributed by atoms with Crippen molar-refractivity contribution in [3.8, 4) is 0 Å². The Morgan fingerprint density at radius 2 is 1.88 bits per heavy atom. The van der Waals surface area contributed by atoms with E-state index in [2.05, 4.69) is 39.8 Å². The molecule has 2 aliphatic rings. The molecule has 0 saturated carbocycles. The summed E-state index contributed by atoms with van der Waals surface area (Å²) in [5.41, 5.74) is 2.94. The summed E-state index contributed by atoms with van der Waals surface area (Å²) in [5, 5.41) is 5.78. The van der Waals surface area contributed by atoms with Gasteiger partial charge in [-0.3, -0.25) is 14.5 Å². The summed E-state index contributed by atoms with van der Waals surface area (Å²) in [6.45, 7) is 5.73. The number of amides is 2. The summed E-state index contributed by atoms with van der Waals surface area (Å²) in [6, 6.07) is 9.43. The van der Waals surface area contributed by atoms with Crippen LogP contribution >= 0.6 is 0 Å². The molecule has 2 amide bonds. The number of hydrogen-bond acceptors (Lipinski definition) is 3. The van der Waals surface area contributed by atoms with E-state index in [-0.39, 0.29) is 30.3 Å². The van der Waals surface area contributed by atoms with Crippen LogP contribution in [-0.4, -0.2) is 48.4 Å². The number of carbonyl (C=O) groups is 2. The number of nitrogens with zero attached hydrogens (tertiary/aromatic N) is 1. The van der Waals surface area contributed by atoms with Crippen LogP contribution in [-0.2, 0) is 22.4 Å². The second-order valence-electron chi connectivity index (χ2n) is 7.60. The molecular weight excluding hydrogens is 314 g/mol. The maximum atomic E-state index is 12.1. The average molecular weight is 343 g/mol. The Morgan fingerprint density at radius 3 is 2.52 bits per heavy atom. The summed E-state index contributed by atoms with van der Waals surface area (Å²) in [4.78, 5) is 26.2. The molecule has 2 N–H and O–H groups in total. The fraction of sp³-hybridized carbons (Fsp3) is 0.600. The Labute approximate surface area is 150 Å². The summed E-state index contributed by atoms with van der Waals surface area (Å²) in [5.74, 6) is -0.262. The van der Waals surface area contributed by atoms with Gasteiger partial charge < -0.3 is 10.6 Å². The van der Waals surface area contributed by atoms with Crippen molar-refractivity contribution in [1.29, 1.82) is 0 Å². The predicted molar refractivity (Wildman–Crippen MR) is 98.2 cm³/mol. The van der Waals surface area contributed by atoms with Crippen LogP contribution in [0.25, 0.3) is 0 Å². The molecule has 0 radical (unpaired) electrons. The van der Waals surface area contributed by atoms with Gasteiger partial charge in [0.05, 0.1) is 6.54 Å². The first-order valence-corrected chi connectivity index (χ1v) is 9.41. The predicted octanol–water partition coefficient (Wildman–Crippen LogP) is 1.51. The highest BCUT2D eigenvalue weighted by Gasteiger charge is 2.30. The maximum absolute atomic E-state index is 12.1. The highest BCUT2D eigenvalue weighted by atomic mass is 16.2. The van der Waals surface area contributed by atoms with Crippen molar-refractivity contribution >= 4 is 11.8 Å². The van der Waals surface area contributed by atoms with Crippen molar-refractivity contribution in [3.05, 3.63) is 35.4 Å². The van der Waals surface area contributed by atoms with Crippen molar-refractivity contribution in [2.24, 2.45) is 5.92 Å². The number of likely N-dealkylation sites (tertiary alicyclic amines) is 1. The highest BCUT2D eigenvalue weighted by molar-refractivity contribution is 5.85. The van der Waals surface area contributed by atoms with Gasteiger partial charge in [-0.25, -0.2) is 0 Å². The molecule has 5 heteroatoms. The second kappa shape index (κ2) is 8.00. The lowest BCUT2D eigenvalue weighted by Crippen LogP contribution is -2.52. The monoisotopic (exact) mass is 343 g/mol. The van der Waals surface area contributed by atoms with E-state index < -0.39 is 0 Å². The van der Waals surface area contributed by atoms with Crippen LogP contribution in [0.4, 0.5) is 0 Å². The molecule has 5 nitrogen and oxygen atoms in total. The number of nitrogens with one attached hydrogen (secondary N) is 2. The first kappa shape index (κ1) is 17.9. The summed E-state index contributed by atoms with van der Waals surface area (Å²) < 4.78 is 0. The SMILES string of the molecule is CC(C)C(=O)NCC(=O)N[C@H]1CCCN(C2Cc3ccccc3C2)C1. The van der Waals surface area contributed by atoms with E-state index in [0.717, 1.165) is 38.8 Å². The van der Waals surface area contributed by atoms with Crippen LogP contribution in [0.3, 0.4) is 0 Å². The Bertz CT molecular complexity index is 604. The Morgan fingerprint density at radius 1 is 1.20 bits per heavy atom. The number of piperidine rings is 1. The zero-order chi connectivity index (χ0) is 17.8. The molecule has 0 spiro atoms. The van der Waals surface area contributed by atoms with Gasteiger partial charge in [0, 0.05) is 24.5 Å². The summed E-state index contributed by atoms with van der Waals surface area (Å²) >= 11 is 0. The summed E-state index contributed by atoms with van der Waals surface area (Å²) in [6.07, 6.45) is 4.35. The third-order valence-electron chi connectivity index (χ3n) is 5.31. The van der Waals surface area contributed by atoms with Gasteiger partial charge in [-0.1, -0.05) is 38.1 Å². The van der Waals surface area contributed by atoms with Crippen molar-refractivity contribution in [2.75, 3.05) is 19.6 Å². The zero-order valence-electron chi connectivity index (χ0n) is 15.3. The van der Waals surface area contributed by atoms with Crippen LogP contribution in [0.2, 0.25) is 0 Å². The van der Waals surface area contributed by atoms with Gasteiger partial charge >= 0.3 is 0 Å². The lowest BCUT2D eigenvalue weighted by atomic mass is 10.0. The normalized spacial score (nSPS) is 21.2. The van der Waals surface area contributed by atoms with E-state index in [4.69, 9.17) is 0 Å². The molecule has 1 saturated heterocycles. The molecular formula is C20H29N3O2. The highest BCUT2D eigenvalue weighted by Crippen LogP contribution is 2.27. The van der Waals surface area contributed by atoms with E-state index in [1.165, 1.54) is 11.1 Å². The van der Waals surface area contributed by atoms with E-state index in [1.54, 1.807) is 0 Å². The molecule has 1 fully saturated rings. The largest absolute Gasteiger partial charge is 0.351 e. The molecule has 1 aromatic rings. The number of hydrogen-bond donors (Lipinski definition) is 2. The van der Waals surface area contributed by atoms with Gasteiger partial charge in [-0.15, -0.1) is 0 Å². The molecule has 25 heavy (non-hydrogen) atoms. The fourth-order valence-corrected chi connectivity index (χ4v) is 3.90. The van der Waals surface area contributed by atoms with Crippen molar-refractivity contribution in [2.45, 2.75) is 51.6 Å². The van der Waals surface area contributed by atoms with Gasteiger partial charge in [0.1, 0.15) is 0 Å². The number of carbonyl (C=O) groups excluding carboxylic acids is 2. The maximum Gasteiger partial charge on any atom is 0.239 e. The number of fused-ring (bicyclic) bond motifs is 1. The van der Waals surface area contributed by atoms with Gasteiger partial charge in [0.2, 0.25) is 11.8 Å². The van der Waals surface area contributed by atoms with Crippen LogP contribution < -0.4 is 10.6 Å². The Kier molecular flexibility index (Phi) is 5.74.